The number of nitrogens with zero attached hydrogens (tertiary/aromatic N) is 1. The summed E-state index contributed by atoms with van der Waals surface area (Å²) in [5, 5.41) is 0.287. The van der Waals surface area contributed by atoms with Crippen LogP contribution in [0.25, 0.3) is 0 Å². The van der Waals surface area contributed by atoms with Crippen molar-refractivity contribution >= 4 is 17.4 Å². The largest absolute Gasteiger partial charge is 0.383 e. The first-order valence-corrected chi connectivity index (χ1v) is 5.22. The van der Waals surface area contributed by atoms with E-state index < -0.39 is 5.82 Å². The molecule has 2 rings (SSSR count). The van der Waals surface area contributed by atoms with E-state index in [1.165, 1.54) is 12.1 Å². The predicted octanol–water partition coefficient (Wildman–Crippen LogP) is 1.74. The van der Waals surface area contributed by atoms with Crippen LogP contribution in [0.15, 0.2) is 29.1 Å². The van der Waals surface area contributed by atoms with Gasteiger partial charge in [-0.3, -0.25) is 4.79 Å². The highest BCUT2D eigenvalue weighted by Crippen LogP contribution is 2.20. The van der Waals surface area contributed by atoms with Gasteiger partial charge in [0.05, 0.1) is 0 Å². The fourth-order valence-corrected chi connectivity index (χ4v) is 1.71. The van der Waals surface area contributed by atoms with Gasteiger partial charge in [-0.1, -0.05) is 17.7 Å². The standard InChI is InChI=1S/C11H9ClFN3O/c12-7-2-1-3-8(13)6(7)4-10-15-9(14)5-11(17)16-10/h1-3,5H,4H2,(H3,14,15,16,17). The Kier molecular flexibility index (Phi) is 3.10. The van der Waals surface area contributed by atoms with E-state index >= 15 is 0 Å². The lowest BCUT2D eigenvalue weighted by molar-refractivity contribution is 0.612. The number of benzene rings is 1. The Labute approximate surface area is 101 Å². The van der Waals surface area contributed by atoms with Gasteiger partial charge < -0.3 is 10.7 Å². The summed E-state index contributed by atoms with van der Waals surface area (Å²) in [7, 11) is 0. The molecule has 0 fully saturated rings. The molecule has 4 nitrogen and oxygen atoms in total. The molecule has 88 valence electrons. The zero-order valence-electron chi connectivity index (χ0n) is 8.71. The fraction of sp³-hybridized carbons (Fsp3) is 0.0909. The maximum atomic E-state index is 13.5. The number of hydrogen-bond donors (Lipinski definition) is 2. The smallest absolute Gasteiger partial charge is 0.252 e. The molecule has 0 saturated heterocycles. The Balaban J connectivity index is 2.41. The van der Waals surface area contributed by atoms with Crippen molar-refractivity contribution in [1.82, 2.24) is 9.97 Å². The molecular formula is C11H9ClFN3O. The number of nitrogens with one attached hydrogen (secondary N) is 1. The number of nitrogens with two attached hydrogens (primary N) is 1. The van der Waals surface area contributed by atoms with E-state index in [4.69, 9.17) is 17.3 Å². The maximum Gasteiger partial charge on any atom is 0.252 e. The van der Waals surface area contributed by atoms with Crippen molar-refractivity contribution in [2.24, 2.45) is 0 Å². The molecule has 0 amide bonds. The second-order valence-electron chi connectivity index (χ2n) is 3.49. The van der Waals surface area contributed by atoms with Crippen LogP contribution in [0.3, 0.4) is 0 Å². The number of H-pyrrole nitrogens is 1. The van der Waals surface area contributed by atoms with E-state index in [2.05, 4.69) is 9.97 Å². The summed E-state index contributed by atoms with van der Waals surface area (Å²) in [6, 6.07) is 5.54. The first-order chi connectivity index (χ1) is 8.06. The molecule has 0 atom stereocenters. The van der Waals surface area contributed by atoms with Gasteiger partial charge in [0.1, 0.15) is 17.5 Å². The second kappa shape index (κ2) is 4.55. The second-order valence-corrected chi connectivity index (χ2v) is 3.90. The van der Waals surface area contributed by atoms with Crippen LogP contribution in [0.5, 0.6) is 0 Å². The van der Waals surface area contributed by atoms with Crippen LogP contribution in [0.1, 0.15) is 11.4 Å². The number of halogens is 2. The number of aromatic amines is 1. The van der Waals surface area contributed by atoms with E-state index in [9.17, 15) is 9.18 Å². The van der Waals surface area contributed by atoms with Crippen LogP contribution >= 0.6 is 11.6 Å². The molecule has 0 saturated carbocycles. The van der Waals surface area contributed by atoms with Crippen LogP contribution in [-0.4, -0.2) is 9.97 Å². The van der Waals surface area contributed by atoms with Crippen molar-refractivity contribution in [1.29, 1.82) is 0 Å². The van der Waals surface area contributed by atoms with Crippen LogP contribution in [-0.2, 0) is 6.42 Å². The molecule has 1 heterocycles. The summed E-state index contributed by atoms with van der Waals surface area (Å²) in [6.45, 7) is 0. The quantitative estimate of drug-likeness (QED) is 0.856. The van der Waals surface area contributed by atoms with Crippen LogP contribution in [0.2, 0.25) is 5.02 Å². The van der Waals surface area contributed by atoms with Gasteiger partial charge in [-0.2, -0.15) is 0 Å². The van der Waals surface area contributed by atoms with Gasteiger partial charge in [0.15, 0.2) is 0 Å². The minimum absolute atomic E-state index is 0.0891. The lowest BCUT2D eigenvalue weighted by atomic mass is 10.1. The fourth-order valence-electron chi connectivity index (χ4n) is 1.48. The molecule has 1 aromatic heterocycles. The summed E-state index contributed by atoms with van der Waals surface area (Å²) < 4.78 is 13.5. The molecule has 0 spiro atoms. The highest BCUT2D eigenvalue weighted by atomic mass is 35.5. The Morgan fingerprint density at radius 3 is 2.88 bits per heavy atom. The average Bonchev–Trinajstić information content (AvgIpc) is 2.22. The van der Waals surface area contributed by atoms with Gasteiger partial charge >= 0.3 is 0 Å². The first-order valence-electron chi connectivity index (χ1n) is 4.85. The molecule has 0 bridgehead atoms. The number of anilines is 1. The number of nitrogen functional groups attached to an aromatic ring is 1. The van der Waals surface area contributed by atoms with Crippen molar-refractivity contribution < 1.29 is 4.39 Å². The Bertz CT molecular complexity index is 592. The minimum Gasteiger partial charge on any atom is -0.383 e. The van der Waals surface area contributed by atoms with E-state index in [-0.39, 0.29) is 34.2 Å². The minimum atomic E-state index is -0.442. The van der Waals surface area contributed by atoms with E-state index in [1.807, 2.05) is 0 Å². The average molecular weight is 254 g/mol. The van der Waals surface area contributed by atoms with Crippen LogP contribution in [0, 0.1) is 5.82 Å². The Morgan fingerprint density at radius 2 is 2.24 bits per heavy atom. The molecule has 2 aromatic rings. The van der Waals surface area contributed by atoms with Gasteiger partial charge in [-0.05, 0) is 12.1 Å². The molecule has 0 aliphatic rings. The molecular weight excluding hydrogens is 245 g/mol. The molecule has 17 heavy (non-hydrogen) atoms. The number of aromatic nitrogens is 2. The van der Waals surface area contributed by atoms with E-state index in [0.29, 0.717) is 0 Å². The van der Waals surface area contributed by atoms with Gasteiger partial charge in [0, 0.05) is 23.1 Å². The van der Waals surface area contributed by atoms with E-state index in [1.54, 1.807) is 6.07 Å². The first kappa shape index (κ1) is 11.6. The Hall–Kier alpha value is -1.88. The maximum absolute atomic E-state index is 13.5. The van der Waals surface area contributed by atoms with Crippen molar-refractivity contribution in [3.63, 3.8) is 0 Å². The number of hydrogen-bond acceptors (Lipinski definition) is 3. The third-order valence-electron chi connectivity index (χ3n) is 2.22. The summed E-state index contributed by atoms with van der Waals surface area (Å²) in [5.41, 5.74) is 5.34. The van der Waals surface area contributed by atoms with Gasteiger partial charge in [-0.25, -0.2) is 9.37 Å². The SMILES string of the molecule is Nc1cc(=O)[nH]c(Cc2c(F)cccc2Cl)n1. The van der Waals surface area contributed by atoms with Crippen LogP contribution < -0.4 is 11.3 Å². The van der Waals surface area contributed by atoms with Gasteiger partial charge in [0.25, 0.3) is 5.56 Å². The lowest BCUT2D eigenvalue weighted by Gasteiger charge is -2.05. The normalized spacial score (nSPS) is 10.5. The summed E-state index contributed by atoms with van der Waals surface area (Å²) >= 11 is 5.87. The topological polar surface area (TPSA) is 71.8 Å². The molecule has 6 heteroatoms. The summed E-state index contributed by atoms with van der Waals surface area (Å²) in [5.74, 6) is -0.0687. The highest BCUT2D eigenvalue weighted by molar-refractivity contribution is 6.31. The molecule has 0 radical (unpaired) electrons. The number of rotatable bonds is 2. The van der Waals surface area contributed by atoms with Crippen molar-refractivity contribution in [3.8, 4) is 0 Å². The molecule has 0 unspecified atom stereocenters. The van der Waals surface area contributed by atoms with E-state index in [0.717, 1.165) is 6.07 Å². The highest BCUT2D eigenvalue weighted by Gasteiger charge is 2.09. The molecule has 3 N–H and O–H groups in total. The summed E-state index contributed by atoms with van der Waals surface area (Å²) in [4.78, 5) is 17.6. The molecule has 1 aromatic carbocycles. The molecule has 0 aliphatic heterocycles. The Morgan fingerprint density at radius 1 is 1.47 bits per heavy atom. The lowest BCUT2D eigenvalue weighted by Crippen LogP contribution is -2.13. The van der Waals surface area contributed by atoms with Gasteiger partial charge in [-0.15, -0.1) is 0 Å². The third kappa shape index (κ3) is 2.62. The molecule has 0 aliphatic carbocycles. The van der Waals surface area contributed by atoms with Gasteiger partial charge in [0.2, 0.25) is 0 Å². The predicted molar refractivity (Wildman–Crippen MR) is 63.5 cm³/mol. The van der Waals surface area contributed by atoms with Crippen LogP contribution in [0.4, 0.5) is 10.2 Å². The van der Waals surface area contributed by atoms with Crippen molar-refractivity contribution in [2.45, 2.75) is 6.42 Å². The van der Waals surface area contributed by atoms with Crippen molar-refractivity contribution in [3.05, 3.63) is 56.8 Å². The third-order valence-corrected chi connectivity index (χ3v) is 2.57. The zero-order valence-corrected chi connectivity index (χ0v) is 9.46. The zero-order chi connectivity index (χ0) is 12.4. The monoisotopic (exact) mass is 253 g/mol. The summed E-state index contributed by atoms with van der Waals surface area (Å²) in [6.07, 6.45) is 0.0891. The van der Waals surface area contributed by atoms with Crippen molar-refractivity contribution in [2.75, 3.05) is 5.73 Å².